The van der Waals surface area contributed by atoms with E-state index in [1.807, 2.05) is 0 Å². The minimum absolute atomic E-state index is 0.258. The SMILES string of the molecule is CCOC(=O)Nc1nc2ccc(-c3n[nH]c(=O)c4cc(Cl)c(Cl)cc34)cc2[nH]1. The first-order chi connectivity index (χ1) is 13.5. The number of carbonyl (C=O) groups is 1. The second-order valence-corrected chi connectivity index (χ2v) is 6.69. The summed E-state index contributed by atoms with van der Waals surface area (Å²) in [5, 5.41) is 10.7. The highest BCUT2D eigenvalue weighted by atomic mass is 35.5. The molecular weight excluding hydrogens is 405 g/mol. The summed E-state index contributed by atoms with van der Waals surface area (Å²) in [4.78, 5) is 31.0. The number of hydrogen-bond donors (Lipinski definition) is 3. The number of H-pyrrole nitrogens is 2. The summed E-state index contributed by atoms with van der Waals surface area (Å²) < 4.78 is 4.84. The number of nitrogens with one attached hydrogen (secondary N) is 3. The van der Waals surface area contributed by atoms with Gasteiger partial charge in [0, 0.05) is 10.9 Å². The maximum absolute atomic E-state index is 12.1. The van der Waals surface area contributed by atoms with Crippen LogP contribution in [0.3, 0.4) is 0 Å². The first-order valence-electron chi connectivity index (χ1n) is 8.27. The molecule has 4 rings (SSSR count). The Kier molecular flexibility index (Phi) is 4.66. The van der Waals surface area contributed by atoms with Crippen LogP contribution in [-0.2, 0) is 4.74 Å². The number of rotatable bonds is 3. The third-order valence-electron chi connectivity index (χ3n) is 4.08. The Morgan fingerprint density at radius 3 is 2.68 bits per heavy atom. The van der Waals surface area contributed by atoms with E-state index in [2.05, 4.69) is 25.5 Å². The van der Waals surface area contributed by atoms with Gasteiger partial charge >= 0.3 is 6.09 Å². The quantitative estimate of drug-likeness (QED) is 0.458. The molecule has 10 heteroatoms. The number of benzene rings is 2. The zero-order valence-corrected chi connectivity index (χ0v) is 16.0. The van der Waals surface area contributed by atoms with Crippen molar-refractivity contribution >= 4 is 57.0 Å². The van der Waals surface area contributed by atoms with Gasteiger partial charge in [0.1, 0.15) is 0 Å². The molecule has 3 N–H and O–H groups in total. The summed E-state index contributed by atoms with van der Waals surface area (Å²) in [6.45, 7) is 1.97. The number of carbonyl (C=O) groups excluding carboxylic acids is 1. The van der Waals surface area contributed by atoms with E-state index in [0.29, 0.717) is 32.5 Å². The van der Waals surface area contributed by atoms with Crippen LogP contribution in [-0.4, -0.2) is 32.9 Å². The zero-order chi connectivity index (χ0) is 19.8. The highest BCUT2D eigenvalue weighted by Crippen LogP contribution is 2.32. The third kappa shape index (κ3) is 3.28. The van der Waals surface area contributed by atoms with E-state index in [1.54, 1.807) is 31.2 Å². The summed E-state index contributed by atoms with van der Waals surface area (Å²) in [6.07, 6.45) is -0.596. The van der Waals surface area contributed by atoms with Crippen molar-refractivity contribution in [2.75, 3.05) is 11.9 Å². The minimum atomic E-state index is -0.596. The van der Waals surface area contributed by atoms with Gasteiger partial charge in [0.25, 0.3) is 5.56 Å². The maximum atomic E-state index is 12.1. The number of amides is 1. The van der Waals surface area contributed by atoms with Crippen molar-refractivity contribution in [1.29, 1.82) is 0 Å². The molecule has 2 aromatic heterocycles. The molecule has 0 unspecified atom stereocenters. The molecular formula is C18H13Cl2N5O3. The van der Waals surface area contributed by atoms with Gasteiger partial charge in [-0.3, -0.25) is 10.1 Å². The summed E-state index contributed by atoms with van der Waals surface area (Å²) in [6, 6.07) is 8.51. The van der Waals surface area contributed by atoms with Crippen molar-refractivity contribution in [3.63, 3.8) is 0 Å². The highest BCUT2D eigenvalue weighted by molar-refractivity contribution is 6.43. The van der Waals surface area contributed by atoms with E-state index in [0.717, 1.165) is 5.56 Å². The van der Waals surface area contributed by atoms with Gasteiger partial charge in [-0.15, -0.1) is 0 Å². The van der Waals surface area contributed by atoms with E-state index in [-0.39, 0.29) is 23.1 Å². The molecule has 0 atom stereocenters. The summed E-state index contributed by atoms with van der Waals surface area (Å²) >= 11 is 12.2. The number of ether oxygens (including phenoxy) is 1. The normalized spacial score (nSPS) is 11.1. The highest BCUT2D eigenvalue weighted by Gasteiger charge is 2.14. The Hall–Kier alpha value is -3.10. The topological polar surface area (TPSA) is 113 Å². The van der Waals surface area contributed by atoms with E-state index in [9.17, 15) is 9.59 Å². The molecule has 1 amide bonds. The van der Waals surface area contributed by atoms with Crippen molar-refractivity contribution < 1.29 is 9.53 Å². The molecule has 0 saturated carbocycles. The molecule has 4 aromatic rings. The van der Waals surface area contributed by atoms with Crippen molar-refractivity contribution in [1.82, 2.24) is 20.2 Å². The first kappa shape index (κ1) is 18.3. The van der Waals surface area contributed by atoms with Crippen LogP contribution in [0.1, 0.15) is 6.92 Å². The van der Waals surface area contributed by atoms with Gasteiger partial charge < -0.3 is 9.72 Å². The molecule has 28 heavy (non-hydrogen) atoms. The number of aromatic nitrogens is 4. The summed E-state index contributed by atoms with van der Waals surface area (Å²) in [5.41, 5.74) is 2.21. The lowest BCUT2D eigenvalue weighted by Gasteiger charge is -2.06. The van der Waals surface area contributed by atoms with Crippen molar-refractivity contribution in [3.05, 3.63) is 50.7 Å². The second-order valence-electron chi connectivity index (χ2n) is 5.88. The van der Waals surface area contributed by atoms with Gasteiger partial charge in [-0.1, -0.05) is 29.3 Å². The number of anilines is 1. The van der Waals surface area contributed by atoms with Crippen molar-refractivity contribution in [3.8, 4) is 11.3 Å². The summed E-state index contributed by atoms with van der Waals surface area (Å²) in [5.74, 6) is 0.264. The minimum Gasteiger partial charge on any atom is -0.450 e. The lowest BCUT2D eigenvalue weighted by atomic mass is 10.0. The zero-order valence-electron chi connectivity index (χ0n) is 14.5. The number of halogens is 2. The monoisotopic (exact) mass is 417 g/mol. The molecule has 2 heterocycles. The van der Waals surface area contributed by atoms with Gasteiger partial charge in [0.05, 0.1) is 38.8 Å². The molecule has 0 radical (unpaired) electrons. The molecule has 0 aliphatic heterocycles. The van der Waals surface area contributed by atoms with Crippen LogP contribution in [0.5, 0.6) is 0 Å². The van der Waals surface area contributed by atoms with E-state index in [4.69, 9.17) is 27.9 Å². The molecule has 0 bridgehead atoms. The number of nitrogens with zero attached hydrogens (tertiary/aromatic N) is 2. The number of imidazole rings is 1. The second kappa shape index (κ2) is 7.14. The largest absolute Gasteiger partial charge is 0.450 e. The van der Waals surface area contributed by atoms with Gasteiger partial charge in [-0.2, -0.15) is 5.10 Å². The fraction of sp³-hybridized carbons (Fsp3) is 0.111. The number of aromatic amines is 2. The Labute approximate surface area is 167 Å². The Morgan fingerprint density at radius 2 is 1.93 bits per heavy atom. The van der Waals surface area contributed by atoms with Crippen LogP contribution in [0.15, 0.2) is 35.1 Å². The Morgan fingerprint density at radius 1 is 1.18 bits per heavy atom. The standard InChI is InChI=1S/C18H13Cl2N5O3/c1-2-28-18(27)23-17-21-13-4-3-8(5-14(13)22-17)15-9-6-11(19)12(20)7-10(9)16(26)25-24-15/h3-7H,2H2,1H3,(H,25,26)(H2,21,22,23,27). The Balaban J connectivity index is 1.81. The summed E-state index contributed by atoms with van der Waals surface area (Å²) in [7, 11) is 0. The van der Waals surface area contributed by atoms with Crippen LogP contribution < -0.4 is 10.9 Å². The number of fused-ring (bicyclic) bond motifs is 2. The van der Waals surface area contributed by atoms with Gasteiger partial charge in [0.2, 0.25) is 5.95 Å². The van der Waals surface area contributed by atoms with Crippen LogP contribution in [0.4, 0.5) is 10.7 Å². The van der Waals surface area contributed by atoms with Crippen LogP contribution in [0.25, 0.3) is 33.1 Å². The lowest BCUT2D eigenvalue weighted by molar-refractivity contribution is 0.167. The van der Waals surface area contributed by atoms with Crippen LogP contribution in [0, 0.1) is 0 Å². The van der Waals surface area contributed by atoms with Gasteiger partial charge in [-0.05, 0) is 31.2 Å². The predicted octanol–water partition coefficient (Wildman–Crippen LogP) is 4.34. The molecule has 2 aromatic carbocycles. The molecule has 0 fully saturated rings. The third-order valence-corrected chi connectivity index (χ3v) is 4.80. The average molecular weight is 418 g/mol. The van der Waals surface area contributed by atoms with E-state index >= 15 is 0 Å². The Bertz CT molecular complexity index is 1280. The molecule has 0 aliphatic carbocycles. The van der Waals surface area contributed by atoms with Gasteiger partial charge in [-0.25, -0.2) is 14.9 Å². The molecule has 0 spiro atoms. The molecule has 142 valence electrons. The smallest absolute Gasteiger partial charge is 0.413 e. The van der Waals surface area contributed by atoms with Crippen molar-refractivity contribution in [2.24, 2.45) is 0 Å². The molecule has 8 nitrogen and oxygen atoms in total. The van der Waals surface area contributed by atoms with Crippen molar-refractivity contribution in [2.45, 2.75) is 6.92 Å². The predicted molar refractivity (Wildman–Crippen MR) is 108 cm³/mol. The maximum Gasteiger partial charge on any atom is 0.413 e. The fourth-order valence-electron chi connectivity index (χ4n) is 2.86. The fourth-order valence-corrected chi connectivity index (χ4v) is 3.19. The number of hydrogen-bond acceptors (Lipinski definition) is 5. The van der Waals surface area contributed by atoms with E-state index < -0.39 is 6.09 Å². The lowest BCUT2D eigenvalue weighted by Crippen LogP contribution is -2.14. The van der Waals surface area contributed by atoms with Crippen LogP contribution >= 0.6 is 23.2 Å². The molecule has 0 saturated heterocycles. The van der Waals surface area contributed by atoms with Crippen LogP contribution in [0.2, 0.25) is 10.0 Å². The van der Waals surface area contributed by atoms with Gasteiger partial charge in [0.15, 0.2) is 0 Å². The average Bonchev–Trinajstić information content (AvgIpc) is 3.05. The first-order valence-corrected chi connectivity index (χ1v) is 9.03. The molecule has 0 aliphatic rings. The van der Waals surface area contributed by atoms with E-state index in [1.165, 1.54) is 6.07 Å².